The van der Waals surface area contributed by atoms with Crippen molar-refractivity contribution in [1.82, 2.24) is 20.0 Å². The molecule has 7 nitrogen and oxygen atoms in total. The Morgan fingerprint density at radius 1 is 1.38 bits per heavy atom. The van der Waals surface area contributed by atoms with Crippen molar-refractivity contribution >= 4 is 11.7 Å². The van der Waals surface area contributed by atoms with Gasteiger partial charge in [-0.2, -0.15) is 5.10 Å². The molecule has 0 radical (unpaired) electrons. The zero-order valence-corrected chi connectivity index (χ0v) is 13.6. The normalized spacial score (nSPS) is 21.3. The molecule has 1 amide bonds. The van der Waals surface area contributed by atoms with Crippen molar-refractivity contribution in [2.45, 2.75) is 25.4 Å². The number of aromatic nitrogens is 2. The summed E-state index contributed by atoms with van der Waals surface area (Å²) in [6, 6.07) is 5.97. The van der Waals surface area contributed by atoms with E-state index >= 15 is 0 Å². The topological polar surface area (TPSA) is 75.3 Å². The molecular formula is C17H23N5O2. The van der Waals surface area contributed by atoms with E-state index in [9.17, 15) is 4.79 Å². The number of rotatable bonds is 4. The van der Waals surface area contributed by atoms with Crippen LogP contribution in [0.3, 0.4) is 0 Å². The minimum atomic E-state index is 0.00106. The second-order valence-electron chi connectivity index (χ2n) is 6.60. The zero-order valence-electron chi connectivity index (χ0n) is 13.6. The second-order valence-corrected chi connectivity index (χ2v) is 6.60. The van der Waals surface area contributed by atoms with E-state index in [1.54, 1.807) is 18.4 Å². The highest BCUT2D eigenvalue weighted by atomic mass is 16.3. The van der Waals surface area contributed by atoms with Gasteiger partial charge < -0.3 is 20.0 Å². The van der Waals surface area contributed by atoms with Crippen molar-refractivity contribution in [3.05, 3.63) is 36.4 Å². The number of hydrogen-bond donors (Lipinski definition) is 2. The van der Waals surface area contributed by atoms with Gasteiger partial charge in [-0.15, -0.1) is 0 Å². The van der Waals surface area contributed by atoms with Gasteiger partial charge in [0.05, 0.1) is 12.5 Å². The molecule has 1 atom stereocenters. The lowest BCUT2D eigenvalue weighted by atomic mass is 10.0. The average Bonchev–Trinajstić information content (AvgIpc) is 3.31. The first kappa shape index (κ1) is 15.3. The minimum absolute atomic E-state index is 0.00106. The van der Waals surface area contributed by atoms with Crippen LogP contribution in [0.2, 0.25) is 0 Å². The molecule has 1 fully saturated rings. The summed E-state index contributed by atoms with van der Waals surface area (Å²) in [4.78, 5) is 14.1. The van der Waals surface area contributed by atoms with Crippen molar-refractivity contribution in [2.24, 2.45) is 5.92 Å². The van der Waals surface area contributed by atoms with Gasteiger partial charge >= 0.3 is 0 Å². The van der Waals surface area contributed by atoms with Gasteiger partial charge in [-0.1, -0.05) is 0 Å². The highest BCUT2D eigenvalue weighted by Gasteiger charge is 2.26. The lowest BCUT2D eigenvalue weighted by molar-refractivity contribution is 0.0671. The van der Waals surface area contributed by atoms with Crippen LogP contribution in [0.5, 0.6) is 0 Å². The number of furan rings is 1. The molecule has 2 aromatic heterocycles. The van der Waals surface area contributed by atoms with E-state index in [1.165, 1.54) is 0 Å². The number of amides is 1. The first-order valence-electron chi connectivity index (χ1n) is 8.61. The molecular weight excluding hydrogens is 306 g/mol. The lowest BCUT2D eigenvalue weighted by Crippen LogP contribution is -2.47. The Kier molecular flexibility index (Phi) is 4.25. The van der Waals surface area contributed by atoms with Gasteiger partial charge in [-0.25, -0.2) is 4.68 Å². The number of nitrogens with zero attached hydrogens (tertiary/aromatic N) is 3. The number of fused-ring (bicyclic) bond motifs is 1. The molecule has 2 aliphatic heterocycles. The highest BCUT2D eigenvalue weighted by Crippen LogP contribution is 2.18. The Labute approximate surface area is 141 Å². The summed E-state index contributed by atoms with van der Waals surface area (Å²) >= 11 is 0. The molecule has 0 bridgehead atoms. The summed E-state index contributed by atoms with van der Waals surface area (Å²) < 4.78 is 7.23. The number of carbonyl (C=O) groups excluding carboxylic acids is 1. The van der Waals surface area contributed by atoms with Gasteiger partial charge in [0.2, 0.25) is 0 Å². The van der Waals surface area contributed by atoms with Gasteiger partial charge in [0, 0.05) is 50.7 Å². The molecule has 2 aliphatic rings. The zero-order chi connectivity index (χ0) is 16.4. The van der Waals surface area contributed by atoms with E-state index in [1.807, 2.05) is 21.8 Å². The molecule has 1 saturated heterocycles. The quantitative estimate of drug-likeness (QED) is 0.887. The summed E-state index contributed by atoms with van der Waals surface area (Å²) in [5.74, 6) is 2.09. The van der Waals surface area contributed by atoms with Crippen molar-refractivity contribution in [3.63, 3.8) is 0 Å². The maximum absolute atomic E-state index is 12.3. The van der Waals surface area contributed by atoms with Crippen LogP contribution in [-0.4, -0.2) is 52.8 Å². The number of hydrogen-bond acceptors (Lipinski definition) is 5. The summed E-state index contributed by atoms with van der Waals surface area (Å²) in [5, 5.41) is 11.4. The van der Waals surface area contributed by atoms with Gasteiger partial charge in [-0.05, 0) is 25.0 Å². The third-order valence-electron chi connectivity index (χ3n) is 4.93. The van der Waals surface area contributed by atoms with Crippen LogP contribution < -0.4 is 10.6 Å². The maximum atomic E-state index is 12.3. The number of nitrogens with one attached hydrogen (secondary N) is 2. The van der Waals surface area contributed by atoms with Gasteiger partial charge in [0.15, 0.2) is 5.76 Å². The van der Waals surface area contributed by atoms with Crippen LogP contribution in [0, 0.1) is 5.92 Å². The van der Waals surface area contributed by atoms with Crippen LogP contribution in [0.4, 0.5) is 5.82 Å². The molecule has 0 aliphatic carbocycles. The molecule has 7 heteroatoms. The van der Waals surface area contributed by atoms with Gasteiger partial charge in [-0.3, -0.25) is 4.79 Å². The number of carbonyl (C=O) groups is 1. The van der Waals surface area contributed by atoms with Crippen LogP contribution in [-0.2, 0) is 6.54 Å². The van der Waals surface area contributed by atoms with Crippen LogP contribution in [0.15, 0.2) is 35.1 Å². The van der Waals surface area contributed by atoms with E-state index < -0.39 is 0 Å². The molecule has 4 heterocycles. The summed E-state index contributed by atoms with van der Waals surface area (Å²) in [5.41, 5.74) is 0. The van der Waals surface area contributed by atoms with E-state index in [-0.39, 0.29) is 5.91 Å². The molecule has 0 aromatic carbocycles. The molecule has 0 saturated carbocycles. The molecule has 128 valence electrons. The maximum Gasteiger partial charge on any atom is 0.289 e. The van der Waals surface area contributed by atoms with Gasteiger partial charge in [0.25, 0.3) is 5.91 Å². The first-order valence-corrected chi connectivity index (χ1v) is 8.61. The standard InChI is InChI=1S/C17H23N5O2/c23-17(15-2-1-9-24-15)21-7-4-14(5-8-21)18-10-13-11-19-16-3-6-20-22(16)12-13/h1-3,6,9,13-14,18-19H,4-5,7-8,10-12H2/t13-/m1/s1. The number of anilines is 1. The predicted molar refractivity (Wildman–Crippen MR) is 89.8 cm³/mol. The molecule has 0 unspecified atom stereocenters. The molecule has 2 aromatic rings. The number of piperidine rings is 1. The van der Waals surface area contributed by atoms with E-state index in [2.05, 4.69) is 15.7 Å². The Morgan fingerprint density at radius 3 is 3.04 bits per heavy atom. The minimum Gasteiger partial charge on any atom is -0.459 e. The van der Waals surface area contributed by atoms with E-state index in [0.717, 1.165) is 51.4 Å². The SMILES string of the molecule is O=C(c1ccco1)N1CCC(NC[C@@H]2CNc3ccnn3C2)CC1. The second kappa shape index (κ2) is 6.68. The molecule has 0 spiro atoms. The summed E-state index contributed by atoms with van der Waals surface area (Å²) in [7, 11) is 0. The van der Waals surface area contributed by atoms with Crippen molar-refractivity contribution in [2.75, 3.05) is 31.5 Å². The number of likely N-dealkylation sites (tertiary alicyclic amines) is 1. The Bertz CT molecular complexity index is 673. The predicted octanol–water partition coefficient (Wildman–Crippen LogP) is 1.41. The Hall–Kier alpha value is -2.28. The van der Waals surface area contributed by atoms with Crippen LogP contribution >= 0.6 is 0 Å². The third kappa shape index (κ3) is 3.17. The summed E-state index contributed by atoms with van der Waals surface area (Å²) in [6.45, 7) is 4.47. The van der Waals surface area contributed by atoms with Crippen molar-refractivity contribution in [1.29, 1.82) is 0 Å². The Balaban J connectivity index is 1.22. The first-order chi connectivity index (χ1) is 11.8. The fourth-order valence-electron chi connectivity index (χ4n) is 3.50. The van der Waals surface area contributed by atoms with Crippen LogP contribution in [0.1, 0.15) is 23.4 Å². The monoisotopic (exact) mass is 329 g/mol. The lowest BCUT2D eigenvalue weighted by Gasteiger charge is -2.33. The van der Waals surface area contributed by atoms with E-state index in [4.69, 9.17) is 4.42 Å². The fourth-order valence-corrected chi connectivity index (χ4v) is 3.50. The molecule has 4 rings (SSSR count). The third-order valence-corrected chi connectivity index (χ3v) is 4.93. The van der Waals surface area contributed by atoms with Crippen molar-refractivity contribution < 1.29 is 9.21 Å². The highest BCUT2D eigenvalue weighted by molar-refractivity contribution is 5.91. The van der Waals surface area contributed by atoms with Gasteiger partial charge in [0.1, 0.15) is 5.82 Å². The largest absolute Gasteiger partial charge is 0.459 e. The smallest absolute Gasteiger partial charge is 0.289 e. The van der Waals surface area contributed by atoms with Crippen LogP contribution in [0.25, 0.3) is 0 Å². The van der Waals surface area contributed by atoms with E-state index in [0.29, 0.717) is 17.7 Å². The Morgan fingerprint density at radius 2 is 2.25 bits per heavy atom. The average molecular weight is 329 g/mol. The van der Waals surface area contributed by atoms with Crippen molar-refractivity contribution in [3.8, 4) is 0 Å². The fraction of sp³-hybridized carbons (Fsp3) is 0.529. The molecule has 24 heavy (non-hydrogen) atoms. The summed E-state index contributed by atoms with van der Waals surface area (Å²) in [6.07, 6.45) is 5.36. The molecule has 2 N–H and O–H groups in total.